The van der Waals surface area contributed by atoms with Crippen molar-refractivity contribution >= 4 is 23.4 Å². The molecular weight excluding hydrogens is 438 g/mol. The number of anilines is 1. The third kappa shape index (κ3) is 4.56. The number of fused-ring (bicyclic) bond motifs is 2. The number of nitrogens with one attached hydrogen (secondary N) is 1. The molecule has 0 aliphatic carbocycles. The molecule has 1 fully saturated rings. The normalized spacial score (nSPS) is 18.0. The summed E-state index contributed by atoms with van der Waals surface area (Å²) in [6, 6.07) is 24.4. The summed E-state index contributed by atoms with van der Waals surface area (Å²) < 4.78 is 0. The van der Waals surface area contributed by atoms with E-state index >= 15 is 0 Å². The minimum Gasteiger partial charge on any atom is -0.351 e. The highest BCUT2D eigenvalue weighted by Gasteiger charge is 2.41. The summed E-state index contributed by atoms with van der Waals surface area (Å²) in [5, 5.41) is 3.01. The van der Waals surface area contributed by atoms with E-state index in [2.05, 4.69) is 24.4 Å². The molecule has 5 rings (SSSR count). The number of hydrogen-bond acceptors (Lipinski definition) is 3. The average molecular weight is 468 g/mol. The average Bonchev–Trinajstić information content (AvgIpc) is 3.38. The predicted octanol–water partition coefficient (Wildman–Crippen LogP) is 4.37. The third-order valence-electron chi connectivity index (χ3n) is 6.98. The maximum atomic E-state index is 13.4. The first kappa shape index (κ1) is 22.8. The van der Waals surface area contributed by atoms with E-state index in [0.717, 1.165) is 12.0 Å². The van der Waals surface area contributed by atoms with Crippen LogP contribution in [0, 0.1) is 0 Å². The number of carbonyl (C=O) groups is 3. The molecule has 0 spiro atoms. The Labute approximate surface area is 205 Å². The van der Waals surface area contributed by atoms with Crippen LogP contribution in [0.5, 0.6) is 0 Å². The first-order valence-corrected chi connectivity index (χ1v) is 12.2. The lowest BCUT2D eigenvalue weighted by molar-refractivity contribution is -0.122. The monoisotopic (exact) mass is 467 g/mol. The topological polar surface area (TPSA) is 69.7 Å². The van der Waals surface area contributed by atoms with Crippen LogP contribution in [0.15, 0.2) is 78.9 Å². The highest BCUT2D eigenvalue weighted by atomic mass is 16.2. The molecule has 3 aromatic carbocycles. The summed E-state index contributed by atoms with van der Waals surface area (Å²) in [5.41, 5.74) is 3.88. The Kier molecular flexibility index (Phi) is 6.36. The molecular formula is C29H29N3O3. The van der Waals surface area contributed by atoms with Crippen molar-refractivity contribution in [2.75, 3.05) is 18.0 Å². The number of carbonyl (C=O) groups excluding carboxylic acids is 3. The van der Waals surface area contributed by atoms with Crippen LogP contribution in [0.3, 0.4) is 0 Å². The highest BCUT2D eigenvalue weighted by Crippen LogP contribution is 2.33. The van der Waals surface area contributed by atoms with Gasteiger partial charge in [0.15, 0.2) is 0 Å². The molecule has 3 amide bonds. The smallest absolute Gasteiger partial charge is 0.256 e. The molecule has 178 valence electrons. The number of nitrogens with zero attached hydrogens (tertiary/aromatic N) is 2. The summed E-state index contributed by atoms with van der Waals surface area (Å²) in [6.45, 7) is 3.60. The minimum absolute atomic E-state index is 0.0440. The van der Waals surface area contributed by atoms with E-state index in [-0.39, 0.29) is 23.6 Å². The maximum Gasteiger partial charge on any atom is 0.256 e. The molecule has 2 aliphatic rings. The van der Waals surface area contributed by atoms with E-state index in [1.165, 1.54) is 5.56 Å². The Bertz CT molecular complexity index is 1240. The van der Waals surface area contributed by atoms with Gasteiger partial charge in [0, 0.05) is 18.7 Å². The van der Waals surface area contributed by atoms with Crippen molar-refractivity contribution < 1.29 is 14.4 Å². The second kappa shape index (κ2) is 9.74. The van der Waals surface area contributed by atoms with Gasteiger partial charge < -0.3 is 15.1 Å². The largest absolute Gasteiger partial charge is 0.351 e. The molecule has 0 saturated carbocycles. The minimum atomic E-state index is -0.411. The van der Waals surface area contributed by atoms with Gasteiger partial charge in [0.2, 0.25) is 5.91 Å². The fourth-order valence-electron chi connectivity index (χ4n) is 4.96. The molecule has 6 nitrogen and oxygen atoms in total. The van der Waals surface area contributed by atoms with Gasteiger partial charge in [-0.05, 0) is 54.2 Å². The Morgan fingerprint density at radius 2 is 1.69 bits per heavy atom. The van der Waals surface area contributed by atoms with E-state index < -0.39 is 6.04 Å². The molecule has 3 aromatic rings. The summed E-state index contributed by atoms with van der Waals surface area (Å²) in [6.07, 6.45) is 1.53. The van der Waals surface area contributed by atoms with Gasteiger partial charge in [0.05, 0.1) is 17.8 Å². The number of hydrogen-bond donors (Lipinski definition) is 1. The van der Waals surface area contributed by atoms with Crippen molar-refractivity contribution in [1.82, 2.24) is 10.2 Å². The molecule has 1 N–H and O–H groups in total. The van der Waals surface area contributed by atoms with Crippen molar-refractivity contribution in [3.8, 4) is 0 Å². The lowest BCUT2D eigenvalue weighted by Gasteiger charge is -2.26. The summed E-state index contributed by atoms with van der Waals surface area (Å²) in [4.78, 5) is 42.7. The third-order valence-corrected chi connectivity index (χ3v) is 6.98. The second-order valence-electron chi connectivity index (χ2n) is 9.32. The maximum absolute atomic E-state index is 13.4. The fraction of sp³-hybridized carbons (Fsp3) is 0.276. The number of benzene rings is 3. The van der Waals surface area contributed by atoms with Gasteiger partial charge in [-0.1, -0.05) is 61.5 Å². The standard InChI is InChI=1S/C29H29N3O3/c1-20(22-8-3-2-4-9-22)18-30-27(33)23-15-13-21(14-16-23)19-32-25-11-6-5-10-24(25)28(34)31-17-7-12-26(31)29(32)35/h2-6,8-11,13-16,20,26H,7,12,17-19H2,1H3,(H,30,33)/t20-,26-/m0/s1. The quantitative estimate of drug-likeness (QED) is 0.585. The first-order valence-electron chi connectivity index (χ1n) is 12.2. The predicted molar refractivity (Wildman–Crippen MR) is 135 cm³/mol. The van der Waals surface area contributed by atoms with Crippen LogP contribution < -0.4 is 10.2 Å². The van der Waals surface area contributed by atoms with Crippen LogP contribution in [-0.2, 0) is 11.3 Å². The fourth-order valence-corrected chi connectivity index (χ4v) is 4.96. The molecule has 35 heavy (non-hydrogen) atoms. The van der Waals surface area contributed by atoms with Crippen LogP contribution in [0.2, 0.25) is 0 Å². The number of rotatable bonds is 6. The summed E-state index contributed by atoms with van der Waals surface area (Å²) >= 11 is 0. The van der Waals surface area contributed by atoms with Crippen LogP contribution in [0.4, 0.5) is 5.69 Å². The molecule has 2 atom stereocenters. The summed E-state index contributed by atoms with van der Waals surface area (Å²) in [5.74, 6) is -0.0256. The van der Waals surface area contributed by atoms with Gasteiger partial charge in [-0.3, -0.25) is 14.4 Å². The summed E-state index contributed by atoms with van der Waals surface area (Å²) in [7, 11) is 0. The Balaban J connectivity index is 1.30. The highest BCUT2D eigenvalue weighted by molar-refractivity contribution is 6.11. The van der Waals surface area contributed by atoms with Crippen LogP contribution in [0.25, 0.3) is 0 Å². The van der Waals surface area contributed by atoms with Crippen molar-refractivity contribution in [3.63, 3.8) is 0 Å². The molecule has 0 radical (unpaired) electrons. The molecule has 1 saturated heterocycles. The Morgan fingerprint density at radius 3 is 2.46 bits per heavy atom. The van der Waals surface area contributed by atoms with Crippen molar-refractivity contribution in [2.24, 2.45) is 0 Å². The van der Waals surface area contributed by atoms with Crippen LogP contribution >= 0.6 is 0 Å². The van der Waals surface area contributed by atoms with E-state index in [1.807, 2.05) is 48.5 Å². The molecule has 2 aliphatic heterocycles. The molecule has 2 heterocycles. The molecule has 6 heteroatoms. The lowest BCUT2D eigenvalue weighted by Crippen LogP contribution is -2.44. The second-order valence-corrected chi connectivity index (χ2v) is 9.32. The SMILES string of the molecule is C[C@@H](CNC(=O)c1ccc(CN2C(=O)[C@@H]3CCCN3C(=O)c3ccccc32)cc1)c1ccccc1. The van der Waals surface area contributed by atoms with E-state index in [1.54, 1.807) is 28.0 Å². The van der Waals surface area contributed by atoms with E-state index in [0.29, 0.717) is 42.9 Å². The van der Waals surface area contributed by atoms with Crippen LogP contribution in [0.1, 0.15) is 57.5 Å². The zero-order chi connectivity index (χ0) is 24.4. The zero-order valence-corrected chi connectivity index (χ0v) is 19.8. The van der Waals surface area contributed by atoms with E-state index in [4.69, 9.17) is 0 Å². The lowest BCUT2D eigenvalue weighted by atomic mass is 10.0. The van der Waals surface area contributed by atoms with Crippen LogP contribution in [-0.4, -0.2) is 41.8 Å². The number of amides is 3. The zero-order valence-electron chi connectivity index (χ0n) is 19.8. The van der Waals surface area contributed by atoms with Gasteiger partial charge in [-0.15, -0.1) is 0 Å². The van der Waals surface area contributed by atoms with Crippen molar-refractivity contribution in [2.45, 2.75) is 38.3 Å². The van der Waals surface area contributed by atoms with Gasteiger partial charge in [-0.2, -0.15) is 0 Å². The molecule has 0 aromatic heterocycles. The van der Waals surface area contributed by atoms with Gasteiger partial charge in [0.25, 0.3) is 11.8 Å². The Morgan fingerprint density at radius 1 is 0.971 bits per heavy atom. The Hall–Kier alpha value is -3.93. The van der Waals surface area contributed by atoms with Crippen molar-refractivity contribution in [3.05, 3.63) is 101 Å². The molecule has 0 bridgehead atoms. The number of para-hydroxylation sites is 1. The van der Waals surface area contributed by atoms with E-state index in [9.17, 15) is 14.4 Å². The van der Waals surface area contributed by atoms with Gasteiger partial charge in [0.1, 0.15) is 6.04 Å². The molecule has 0 unspecified atom stereocenters. The van der Waals surface area contributed by atoms with Gasteiger partial charge >= 0.3 is 0 Å². The first-order chi connectivity index (χ1) is 17.0. The van der Waals surface area contributed by atoms with Gasteiger partial charge in [-0.25, -0.2) is 0 Å². The van der Waals surface area contributed by atoms with Crippen molar-refractivity contribution in [1.29, 1.82) is 0 Å².